The van der Waals surface area contributed by atoms with Crippen LogP contribution in [0.3, 0.4) is 0 Å². The third-order valence-corrected chi connectivity index (χ3v) is 5.72. The van der Waals surface area contributed by atoms with E-state index in [4.69, 9.17) is 0 Å². The topological polar surface area (TPSA) is 88.0 Å². The van der Waals surface area contributed by atoms with Crippen LogP contribution in [-0.2, 0) is 4.79 Å². The van der Waals surface area contributed by atoms with Gasteiger partial charge in [0.2, 0.25) is 0 Å². The number of nitriles is 1. The molecule has 1 aromatic carbocycles. The van der Waals surface area contributed by atoms with E-state index in [9.17, 15) is 36.4 Å². The van der Waals surface area contributed by atoms with Crippen LogP contribution in [0.25, 0.3) is 22.5 Å². The van der Waals surface area contributed by atoms with E-state index in [1.807, 2.05) is 0 Å². The molecular weight excluding hydrogens is 502 g/mol. The number of halogens is 6. The van der Waals surface area contributed by atoms with E-state index < -0.39 is 30.5 Å². The first-order valence-electron chi connectivity index (χ1n) is 11.1. The van der Waals surface area contributed by atoms with Gasteiger partial charge in [-0.3, -0.25) is 14.7 Å². The van der Waals surface area contributed by atoms with Crippen LogP contribution >= 0.6 is 0 Å². The quantitative estimate of drug-likeness (QED) is 0.483. The molecule has 1 saturated heterocycles. The molecular formula is C24H20F6N6O. The van der Waals surface area contributed by atoms with Crippen molar-refractivity contribution in [1.29, 1.82) is 5.26 Å². The fourth-order valence-electron chi connectivity index (χ4n) is 4.00. The summed E-state index contributed by atoms with van der Waals surface area (Å²) < 4.78 is 77.3. The monoisotopic (exact) mass is 522 g/mol. The Kier molecular flexibility index (Phi) is 7.13. The minimum atomic E-state index is -5.47. The molecule has 0 spiro atoms. The molecule has 1 aliphatic heterocycles. The summed E-state index contributed by atoms with van der Waals surface area (Å²) in [5.74, 6) is -1.92. The zero-order valence-corrected chi connectivity index (χ0v) is 19.1. The summed E-state index contributed by atoms with van der Waals surface area (Å²) in [6, 6.07) is 11.9. The highest BCUT2D eigenvalue weighted by Gasteiger charge is 2.46. The fourth-order valence-corrected chi connectivity index (χ4v) is 4.00. The number of piperazine rings is 1. The molecule has 0 radical (unpaired) electrons. The number of amides is 1. The number of benzene rings is 1. The maximum Gasteiger partial charge on any atom is 0.471 e. The van der Waals surface area contributed by atoms with Crippen molar-refractivity contribution in [2.75, 3.05) is 42.5 Å². The number of nitrogens with zero attached hydrogens (tertiary/aromatic N) is 4. The van der Waals surface area contributed by atoms with Crippen LogP contribution < -0.4 is 15.1 Å². The second-order valence-corrected chi connectivity index (χ2v) is 8.28. The largest absolute Gasteiger partial charge is 0.471 e. The molecule has 0 bridgehead atoms. The van der Waals surface area contributed by atoms with Crippen LogP contribution in [0.15, 0.2) is 48.7 Å². The number of nitrogens with one attached hydrogen (secondary N) is 2. The van der Waals surface area contributed by atoms with Crippen LogP contribution in [0, 0.1) is 11.3 Å². The predicted molar refractivity (Wildman–Crippen MR) is 124 cm³/mol. The standard InChI is InChI=1S/C24H20F6N6O/c25-23(26,27)14-36(22(37)24(28,29)30)18-3-1-15(2-4-18)19-11-16(5-6-33-19)20-12-17(13-31)21(34-20)35-9-7-32-8-10-35/h1-6,11-12,32,34H,7-10,14H2. The van der Waals surface area contributed by atoms with E-state index >= 15 is 0 Å². The second-order valence-electron chi connectivity index (χ2n) is 8.28. The van der Waals surface area contributed by atoms with E-state index in [2.05, 4.69) is 26.3 Å². The predicted octanol–water partition coefficient (Wildman–Crippen LogP) is 4.48. The van der Waals surface area contributed by atoms with Gasteiger partial charge >= 0.3 is 18.3 Å². The van der Waals surface area contributed by atoms with Crippen molar-refractivity contribution in [3.05, 3.63) is 54.2 Å². The Labute approximate surface area is 207 Å². The van der Waals surface area contributed by atoms with Gasteiger partial charge in [-0.05, 0) is 30.3 Å². The second kappa shape index (κ2) is 10.1. The molecule has 3 heterocycles. The zero-order chi connectivity index (χ0) is 26.8. The van der Waals surface area contributed by atoms with E-state index in [0.29, 0.717) is 33.9 Å². The van der Waals surface area contributed by atoms with Gasteiger partial charge in [0.1, 0.15) is 18.4 Å². The number of carbonyl (C=O) groups excluding carboxylic acids is 1. The van der Waals surface area contributed by atoms with Crippen LogP contribution in [0.1, 0.15) is 5.56 Å². The maximum atomic E-state index is 12.9. The Morgan fingerprint density at radius 2 is 1.70 bits per heavy atom. The first-order chi connectivity index (χ1) is 17.5. The number of alkyl halides is 6. The molecule has 194 valence electrons. The lowest BCUT2D eigenvalue weighted by Crippen LogP contribution is -2.46. The van der Waals surface area contributed by atoms with Crippen molar-refractivity contribution in [3.8, 4) is 28.6 Å². The highest BCUT2D eigenvalue weighted by molar-refractivity contribution is 5.97. The SMILES string of the molecule is N#Cc1cc(-c2ccnc(-c3ccc(N(CC(F)(F)F)C(=O)C(F)(F)F)cc3)c2)[nH]c1N1CCNCC1. The third kappa shape index (κ3) is 6.03. The highest BCUT2D eigenvalue weighted by atomic mass is 19.4. The fraction of sp³-hybridized carbons (Fsp3) is 0.292. The first kappa shape index (κ1) is 26.0. The molecule has 4 rings (SSSR count). The number of aromatic nitrogens is 2. The number of anilines is 2. The number of H-pyrrole nitrogens is 1. The average Bonchev–Trinajstić information content (AvgIpc) is 3.31. The summed E-state index contributed by atoms with van der Waals surface area (Å²) in [6.45, 7) is 0.935. The summed E-state index contributed by atoms with van der Waals surface area (Å²) >= 11 is 0. The lowest BCUT2D eigenvalue weighted by atomic mass is 10.1. The first-order valence-corrected chi connectivity index (χ1v) is 11.1. The summed E-state index contributed by atoms with van der Waals surface area (Å²) in [7, 11) is 0. The molecule has 0 unspecified atom stereocenters. The molecule has 1 aliphatic rings. The minimum Gasteiger partial charge on any atom is -0.355 e. The number of carbonyl (C=O) groups is 1. The molecule has 2 aromatic heterocycles. The van der Waals surface area contributed by atoms with Gasteiger partial charge in [-0.15, -0.1) is 0 Å². The molecule has 37 heavy (non-hydrogen) atoms. The van der Waals surface area contributed by atoms with Crippen molar-refractivity contribution in [2.45, 2.75) is 12.4 Å². The Bertz CT molecular complexity index is 1300. The van der Waals surface area contributed by atoms with Crippen molar-refractivity contribution in [2.24, 2.45) is 0 Å². The lowest BCUT2D eigenvalue weighted by molar-refractivity contribution is -0.174. The third-order valence-electron chi connectivity index (χ3n) is 5.72. The van der Waals surface area contributed by atoms with Gasteiger partial charge in [0.15, 0.2) is 0 Å². The molecule has 0 aliphatic carbocycles. The average molecular weight is 522 g/mol. The van der Waals surface area contributed by atoms with Crippen molar-refractivity contribution >= 4 is 17.4 Å². The highest BCUT2D eigenvalue weighted by Crippen LogP contribution is 2.32. The molecule has 0 atom stereocenters. The van der Waals surface area contributed by atoms with Gasteiger partial charge in [0.25, 0.3) is 0 Å². The summed E-state index contributed by atoms with van der Waals surface area (Å²) in [6.07, 6.45) is -9.00. The van der Waals surface area contributed by atoms with E-state index in [-0.39, 0.29) is 4.90 Å². The van der Waals surface area contributed by atoms with E-state index in [1.54, 1.807) is 18.2 Å². The van der Waals surface area contributed by atoms with E-state index in [0.717, 1.165) is 38.3 Å². The number of hydrogen-bond acceptors (Lipinski definition) is 5. The molecule has 0 saturated carbocycles. The molecule has 7 nitrogen and oxygen atoms in total. The van der Waals surface area contributed by atoms with Gasteiger partial charge in [-0.2, -0.15) is 31.6 Å². The van der Waals surface area contributed by atoms with Gasteiger partial charge in [0, 0.05) is 54.9 Å². The smallest absolute Gasteiger partial charge is 0.355 e. The molecule has 2 N–H and O–H groups in total. The van der Waals surface area contributed by atoms with Crippen molar-refractivity contribution in [1.82, 2.24) is 15.3 Å². The van der Waals surface area contributed by atoms with Crippen LogP contribution in [0.5, 0.6) is 0 Å². The van der Waals surface area contributed by atoms with Crippen molar-refractivity contribution < 1.29 is 31.1 Å². The number of pyridine rings is 1. The summed E-state index contributed by atoms with van der Waals surface area (Å²) in [4.78, 5) is 20.8. The zero-order valence-electron chi connectivity index (χ0n) is 19.1. The maximum absolute atomic E-state index is 12.9. The minimum absolute atomic E-state index is 0.354. The van der Waals surface area contributed by atoms with Gasteiger partial charge in [-0.25, -0.2) is 0 Å². The number of aromatic amines is 1. The van der Waals surface area contributed by atoms with E-state index in [1.165, 1.54) is 18.3 Å². The molecule has 3 aromatic rings. The Morgan fingerprint density at radius 1 is 1.03 bits per heavy atom. The molecule has 1 fully saturated rings. The summed E-state index contributed by atoms with van der Waals surface area (Å²) in [5.41, 5.74) is 2.05. The van der Waals surface area contributed by atoms with Crippen LogP contribution in [-0.4, -0.2) is 61.0 Å². The van der Waals surface area contributed by atoms with Crippen LogP contribution in [0.2, 0.25) is 0 Å². The number of hydrogen-bond donors (Lipinski definition) is 2. The Morgan fingerprint density at radius 3 is 2.30 bits per heavy atom. The Hall–Kier alpha value is -4.05. The lowest BCUT2D eigenvalue weighted by Gasteiger charge is -2.28. The van der Waals surface area contributed by atoms with Crippen molar-refractivity contribution in [3.63, 3.8) is 0 Å². The summed E-state index contributed by atoms with van der Waals surface area (Å²) in [5, 5.41) is 12.8. The van der Waals surface area contributed by atoms with Gasteiger partial charge in [0.05, 0.1) is 11.3 Å². The van der Waals surface area contributed by atoms with Gasteiger partial charge < -0.3 is 15.2 Å². The van der Waals surface area contributed by atoms with Crippen LogP contribution in [0.4, 0.5) is 37.8 Å². The Balaban J connectivity index is 1.62. The normalized spacial score (nSPS) is 14.4. The molecule has 13 heteroatoms. The number of rotatable bonds is 5. The van der Waals surface area contributed by atoms with Gasteiger partial charge in [-0.1, -0.05) is 12.1 Å². The molecule has 1 amide bonds.